The van der Waals surface area contributed by atoms with Gasteiger partial charge in [-0.3, -0.25) is 4.90 Å². The van der Waals surface area contributed by atoms with Gasteiger partial charge in [0.25, 0.3) is 0 Å². The number of benzene rings is 1. The van der Waals surface area contributed by atoms with Gasteiger partial charge in [-0.2, -0.15) is 0 Å². The van der Waals surface area contributed by atoms with Crippen molar-refractivity contribution in [1.29, 1.82) is 0 Å². The third kappa shape index (κ3) is 5.46. The van der Waals surface area contributed by atoms with Crippen molar-refractivity contribution in [3.63, 3.8) is 0 Å². The second kappa shape index (κ2) is 8.24. The van der Waals surface area contributed by atoms with Gasteiger partial charge in [0.15, 0.2) is 0 Å². The van der Waals surface area contributed by atoms with Gasteiger partial charge < -0.3 is 10.0 Å². The Morgan fingerprint density at radius 2 is 2.00 bits per heavy atom. The minimum Gasteiger partial charge on any atom is -0.465 e. The fraction of sp³-hybridized carbons (Fsp3) is 0.500. The summed E-state index contributed by atoms with van der Waals surface area (Å²) in [7, 11) is 0. The molecule has 1 fully saturated rings. The number of hydrogen-bond donors (Lipinski definition) is 1. The van der Waals surface area contributed by atoms with E-state index in [9.17, 15) is 4.79 Å². The Hall–Kier alpha value is -1.70. The molecule has 0 radical (unpaired) electrons. The average molecular weight is 335 g/mol. The molecule has 1 amide bonds. The van der Waals surface area contributed by atoms with E-state index in [1.807, 2.05) is 24.3 Å². The van der Waals surface area contributed by atoms with E-state index in [1.54, 1.807) is 0 Å². The van der Waals surface area contributed by atoms with Crippen LogP contribution >= 0.6 is 11.6 Å². The summed E-state index contributed by atoms with van der Waals surface area (Å²) in [5.74, 6) is 7.11. The zero-order valence-corrected chi connectivity index (χ0v) is 14.4. The highest BCUT2D eigenvalue weighted by Gasteiger charge is 2.25. The molecule has 0 bridgehead atoms. The summed E-state index contributed by atoms with van der Waals surface area (Å²) >= 11 is 6.00. The van der Waals surface area contributed by atoms with Gasteiger partial charge in [-0.15, -0.1) is 0 Å². The summed E-state index contributed by atoms with van der Waals surface area (Å²) in [5.41, 5.74) is 0.912. The molecular formula is C18H23ClN2O2. The first-order valence-electron chi connectivity index (χ1n) is 7.94. The van der Waals surface area contributed by atoms with Crippen LogP contribution in [0.4, 0.5) is 4.79 Å². The smallest absolute Gasteiger partial charge is 0.407 e. The van der Waals surface area contributed by atoms with Crippen molar-refractivity contribution in [2.24, 2.45) is 5.92 Å². The molecular weight excluding hydrogens is 312 g/mol. The van der Waals surface area contributed by atoms with Crippen molar-refractivity contribution in [3.05, 3.63) is 34.9 Å². The Morgan fingerprint density at radius 3 is 2.57 bits per heavy atom. The van der Waals surface area contributed by atoms with E-state index in [4.69, 9.17) is 16.7 Å². The van der Waals surface area contributed by atoms with Crippen LogP contribution < -0.4 is 0 Å². The van der Waals surface area contributed by atoms with Gasteiger partial charge >= 0.3 is 6.09 Å². The standard InChI is InChI=1S/C18H23ClN2O2/c1-14(2)12-17(7-6-15-4-3-5-16(19)13-15)20-8-10-21(11-9-20)18(22)23/h3-5,13-14,17H,8-12H2,1-2H3,(H,22,23). The van der Waals surface area contributed by atoms with Gasteiger partial charge in [-0.05, 0) is 30.5 Å². The van der Waals surface area contributed by atoms with Crippen molar-refractivity contribution in [2.45, 2.75) is 26.3 Å². The van der Waals surface area contributed by atoms with Crippen molar-refractivity contribution in [2.75, 3.05) is 26.2 Å². The lowest BCUT2D eigenvalue weighted by Crippen LogP contribution is -2.51. The largest absolute Gasteiger partial charge is 0.465 e. The maximum atomic E-state index is 11.0. The van der Waals surface area contributed by atoms with Crippen LogP contribution in [0.5, 0.6) is 0 Å². The molecule has 1 unspecified atom stereocenters. The number of nitrogens with zero attached hydrogens (tertiary/aromatic N) is 2. The second-order valence-electron chi connectivity index (χ2n) is 6.23. The molecule has 0 aliphatic carbocycles. The lowest BCUT2D eigenvalue weighted by Gasteiger charge is -2.36. The number of rotatable bonds is 3. The summed E-state index contributed by atoms with van der Waals surface area (Å²) in [5, 5.41) is 9.74. The van der Waals surface area contributed by atoms with Crippen LogP contribution in [-0.2, 0) is 0 Å². The number of carbonyl (C=O) groups is 1. The topological polar surface area (TPSA) is 43.8 Å². The van der Waals surface area contributed by atoms with Gasteiger partial charge in [0.05, 0.1) is 6.04 Å². The molecule has 0 saturated carbocycles. The number of carboxylic acid groups (broad SMARTS) is 1. The van der Waals surface area contributed by atoms with Gasteiger partial charge in [-0.1, -0.05) is 43.4 Å². The molecule has 0 aromatic heterocycles. The first-order chi connectivity index (χ1) is 11.0. The molecule has 23 heavy (non-hydrogen) atoms. The zero-order valence-electron chi connectivity index (χ0n) is 13.6. The fourth-order valence-electron chi connectivity index (χ4n) is 2.70. The molecule has 1 atom stereocenters. The Labute approximate surface area is 143 Å². The lowest BCUT2D eigenvalue weighted by molar-refractivity contribution is 0.0920. The Morgan fingerprint density at radius 1 is 1.30 bits per heavy atom. The molecule has 1 aromatic rings. The van der Waals surface area contributed by atoms with E-state index in [1.165, 1.54) is 4.90 Å². The zero-order chi connectivity index (χ0) is 16.8. The van der Waals surface area contributed by atoms with Crippen LogP contribution in [0.2, 0.25) is 5.02 Å². The van der Waals surface area contributed by atoms with E-state index >= 15 is 0 Å². The SMILES string of the molecule is CC(C)CC(C#Cc1cccc(Cl)c1)N1CCN(C(=O)O)CC1. The average Bonchev–Trinajstić information content (AvgIpc) is 2.51. The van der Waals surface area contributed by atoms with Crippen LogP contribution in [-0.4, -0.2) is 53.2 Å². The number of hydrogen-bond acceptors (Lipinski definition) is 2. The number of amides is 1. The van der Waals surface area contributed by atoms with Crippen LogP contribution in [0, 0.1) is 17.8 Å². The van der Waals surface area contributed by atoms with Crippen LogP contribution in [0.15, 0.2) is 24.3 Å². The van der Waals surface area contributed by atoms with Gasteiger partial charge in [0.1, 0.15) is 0 Å². The summed E-state index contributed by atoms with van der Waals surface area (Å²) in [6.45, 7) is 6.91. The Balaban J connectivity index is 2.08. The molecule has 4 nitrogen and oxygen atoms in total. The highest BCUT2D eigenvalue weighted by Crippen LogP contribution is 2.15. The monoisotopic (exact) mass is 334 g/mol. The molecule has 124 valence electrons. The minimum atomic E-state index is -0.838. The molecule has 2 rings (SSSR count). The quantitative estimate of drug-likeness (QED) is 0.862. The number of piperazine rings is 1. The normalized spacial score (nSPS) is 16.8. The van der Waals surface area contributed by atoms with E-state index in [2.05, 4.69) is 30.6 Å². The van der Waals surface area contributed by atoms with E-state index in [0.717, 1.165) is 25.1 Å². The molecule has 1 aliphatic heterocycles. The maximum absolute atomic E-state index is 11.0. The highest BCUT2D eigenvalue weighted by atomic mass is 35.5. The van der Waals surface area contributed by atoms with Crippen LogP contribution in [0.1, 0.15) is 25.8 Å². The summed E-state index contributed by atoms with van der Waals surface area (Å²) in [6.07, 6.45) is 0.135. The summed E-state index contributed by atoms with van der Waals surface area (Å²) in [4.78, 5) is 14.8. The minimum absolute atomic E-state index is 0.143. The fourth-order valence-corrected chi connectivity index (χ4v) is 2.89. The van der Waals surface area contributed by atoms with Gasteiger partial charge in [0.2, 0.25) is 0 Å². The van der Waals surface area contributed by atoms with Crippen LogP contribution in [0.3, 0.4) is 0 Å². The lowest BCUT2D eigenvalue weighted by atomic mass is 10.0. The maximum Gasteiger partial charge on any atom is 0.407 e. The second-order valence-corrected chi connectivity index (χ2v) is 6.67. The first-order valence-corrected chi connectivity index (χ1v) is 8.32. The van der Waals surface area contributed by atoms with E-state index < -0.39 is 6.09 Å². The van der Waals surface area contributed by atoms with E-state index in [-0.39, 0.29) is 6.04 Å². The molecule has 0 spiro atoms. The van der Waals surface area contributed by atoms with Gasteiger partial charge in [-0.25, -0.2) is 4.79 Å². The number of halogens is 1. The van der Waals surface area contributed by atoms with Crippen molar-refractivity contribution in [1.82, 2.24) is 9.80 Å². The first kappa shape index (κ1) is 17.7. The van der Waals surface area contributed by atoms with Crippen molar-refractivity contribution >= 4 is 17.7 Å². The molecule has 5 heteroatoms. The van der Waals surface area contributed by atoms with E-state index in [0.29, 0.717) is 24.0 Å². The summed E-state index contributed by atoms with van der Waals surface area (Å²) in [6, 6.07) is 7.69. The Bertz CT molecular complexity index is 599. The highest BCUT2D eigenvalue weighted by molar-refractivity contribution is 6.30. The van der Waals surface area contributed by atoms with Gasteiger partial charge in [0, 0.05) is 36.8 Å². The molecule has 1 aliphatic rings. The molecule has 1 saturated heterocycles. The predicted octanol–water partition coefficient (Wildman–Crippen LogP) is 3.40. The Kier molecular flexibility index (Phi) is 6.32. The molecule has 1 heterocycles. The van der Waals surface area contributed by atoms with Crippen LogP contribution in [0.25, 0.3) is 0 Å². The molecule has 1 aromatic carbocycles. The van der Waals surface area contributed by atoms with Crippen molar-refractivity contribution < 1.29 is 9.90 Å². The van der Waals surface area contributed by atoms with Crippen molar-refractivity contribution in [3.8, 4) is 11.8 Å². The predicted molar refractivity (Wildman–Crippen MR) is 92.7 cm³/mol. The summed E-state index contributed by atoms with van der Waals surface area (Å²) < 4.78 is 0. The third-order valence-electron chi connectivity index (χ3n) is 3.93. The third-order valence-corrected chi connectivity index (χ3v) is 4.16. The molecule has 1 N–H and O–H groups in total.